The van der Waals surface area contributed by atoms with Gasteiger partial charge >= 0.3 is 12.3 Å². The van der Waals surface area contributed by atoms with Crippen molar-refractivity contribution >= 4 is 12.0 Å². The third-order valence-electron chi connectivity index (χ3n) is 3.13. The highest BCUT2D eigenvalue weighted by molar-refractivity contribution is 5.86. The summed E-state index contributed by atoms with van der Waals surface area (Å²) in [4.78, 5) is 23.5. The van der Waals surface area contributed by atoms with Gasteiger partial charge in [0.1, 0.15) is 19.2 Å². The van der Waals surface area contributed by atoms with Crippen LogP contribution in [0.4, 0.5) is 18.0 Å². The minimum Gasteiger partial charge on any atom is -0.445 e. The number of nitrogens with zero attached hydrogens (tertiary/aromatic N) is 1. The number of nitriles is 1. The summed E-state index contributed by atoms with van der Waals surface area (Å²) >= 11 is 0. The van der Waals surface area contributed by atoms with Gasteiger partial charge in [-0.15, -0.1) is 0 Å². The summed E-state index contributed by atoms with van der Waals surface area (Å²) in [6, 6.07) is 8.18. The highest BCUT2D eigenvalue weighted by Gasteiger charge is 2.45. The monoisotopic (exact) mass is 343 g/mol. The molecule has 1 rings (SSSR count). The van der Waals surface area contributed by atoms with Gasteiger partial charge in [-0.3, -0.25) is 4.79 Å². The summed E-state index contributed by atoms with van der Waals surface area (Å²) in [5, 5.41) is 12.3. The largest absolute Gasteiger partial charge is 0.445 e. The maximum Gasteiger partial charge on any atom is 0.408 e. The molecule has 2 N–H and O–H groups in total. The van der Waals surface area contributed by atoms with Crippen molar-refractivity contribution < 1.29 is 27.5 Å². The van der Waals surface area contributed by atoms with Crippen molar-refractivity contribution in [2.24, 2.45) is 5.92 Å². The Morgan fingerprint density at radius 2 is 1.92 bits per heavy atom. The van der Waals surface area contributed by atoms with Crippen LogP contribution in [0.2, 0.25) is 0 Å². The molecule has 0 bridgehead atoms. The molecule has 24 heavy (non-hydrogen) atoms. The molecular formula is C15H16F3N3O3. The van der Waals surface area contributed by atoms with E-state index in [1.807, 2.05) is 10.6 Å². The van der Waals surface area contributed by atoms with E-state index >= 15 is 0 Å². The lowest BCUT2D eigenvalue weighted by molar-refractivity contribution is -0.179. The highest BCUT2D eigenvalue weighted by Crippen LogP contribution is 2.28. The van der Waals surface area contributed by atoms with Crippen LogP contribution in [0.15, 0.2) is 30.3 Å². The Hall–Kier alpha value is -2.76. The van der Waals surface area contributed by atoms with E-state index < -0.39 is 36.7 Å². The third kappa shape index (κ3) is 6.16. The predicted molar refractivity (Wildman–Crippen MR) is 77.4 cm³/mol. The Morgan fingerprint density at radius 1 is 1.29 bits per heavy atom. The number of alkyl carbamates (subject to hydrolysis) is 1. The first kappa shape index (κ1) is 19.3. The van der Waals surface area contributed by atoms with Crippen LogP contribution < -0.4 is 10.6 Å². The zero-order valence-electron chi connectivity index (χ0n) is 12.8. The molecule has 9 heteroatoms. The number of hydrogen-bond acceptors (Lipinski definition) is 4. The number of carbonyl (C=O) groups is 2. The van der Waals surface area contributed by atoms with E-state index in [0.717, 1.165) is 6.92 Å². The molecule has 2 unspecified atom stereocenters. The molecule has 130 valence electrons. The fraction of sp³-hybridized carbons (Fsp3) is 0.400. The Kier molecular flexibility index (Phi) is 7.04. The zero-order chi connectivity index (χ0) is 18.2. The SMILES string of the molecule is CC(C(NC(=O)OCc1ccccc1)C(=O)NCC#N)C(F)(F)F. The summed E-state index contributed by atoms with van der Waals surface area (Å²) in [5.41, 5.74) is 0.641. The molecule has 0 fully saturated rings. The minimum atomic E-state index is -4.71. The predicted octanol–water partition coefficient (Wildman–Crippen LogP) is 2.12. The fourth-order valence-electron chi connectivity index (χ4n) is 1.73. The summed E-state index contributed by atoms with van der Waals surface area (Å²) < 4.78 is 43.4. The molecule has 0 aliphatic carbocycles. The van der Waals surface area contributed by atoms with Gasteiger partial charge in [0.25, 0.3) is 0 Å². The second-order valence-electron chi connectivity index (χ2n) is 4.89. The van der Waals surface area contributed by atoms with Crippen LogP contribution in [0.1, 0.15) is 12.5 Å². The van der Waals surface area contributed by atoms with Crippen molar-refractivity contribution in [3.63, 3.8) is 0 Å². The number of halogens is 3. The molecule has 2 amide bonds. The van der Waals surface area contributed by atoms with Gasteiger partial charge in [-0.1, -0.05) is 37.3 Å². The first-order chi connectivity index (χ1) is 11.3. The van der Waals surface area contributed by atoms with Crippen molar-refractivity contribution in [2.75, 3.05) is 6.54 Å². The second kappa shape index (κ2) is 8.76. The van der Waals surface area contributed by atoms with Crippen LogP contribution in [-0.4, -0.2) is 30.8 Å². The van der Waals surface area contributed by atoms with Gasteiger partial charge in [-0.2, -0.15) is 18.4 Å². The van der Waals surface area contributed by atoms with Crippen molar-refractivity contribution in [3.05, 3.63) is 35.9 Å². The smallest absolute Gasteiger partial charge is 0.408 e. The van der Waals surface area contributed by atoms with Gasteiger partial charge in [0.2, 0.25) is 5.91 Å². The number of alkyl halides is 3. The van der Waals surface area contributed by atoms with Crippen LogP contribution >= 0.6 is 0 Å². The normalized spacial score (nSPS) is 13.3. The number of benzene rings is 1. The van der Waals surface area contributed by atoms with Gasteiger partial charge < -0.3 is 15.4 Å². The maximum absolute atomic E-state index is 12.8. The molecule has 0 saturated carbocycles. The van der Waals surface area contributed by atoms with E-state index in [2.05, 4.69) is 0 Å². The van der Waals surface area contributed by atoms with Crippen LogP contribution in [0.25, 0.3) is 0 Å². The van der Waals surface area contributed by atoms with E-state index in [0.29, 0.717) is 5.56 Å². The lowest BCUT2D eigenvalue weighted by Crippen LogP contribution is -2.53. The molecule has 1 aromatic rings. The van der Waals surface area contributed by atoms with Gasteiger partial charge in [-0.05, 0) is 5.56 Å². The van der Waals surface area contributed by atoms with Crippen LogP contribution in [0, 0.1) is 17.2 Å². The first-order valence-corrected chi connectivity index (χ1v) is 6.94. The highest BCUT2D eigenvalue weighted by atomic mass is 19.4. The zero-order valence-corrected chi connectivity index (χ0v) is 12.8. The average Bonchev–Trinajstić information content (AvgIpc) is 2.55. The topological polar surface area (TPSA) is 91.2 Å². The van der Waals surface area contributed by atoms with Crippen LogP contribution in [-0.2, 0) is 16.1 Å². The number of amides is 2. The van der Waals surface area contributed by atoms with Gasteiger partial charge in [-0.25, -0.2) is 4.79 Å². The standard InChI is InChI=1S/C15H16F3N3O3/c1-10(15(16,17)18)12(13(22)20-8-7-19)21-14(23)24-9-11-5-3-2-4-6-11/h2-6,10,12H,8-9H2,1H3,(H,20,22)(H,21,23). The maximum atomic E-state index is 12.8. The molecule has 0 heterocycles. The molecule has 0 saturated heterocycles. The molecule has 0 radical (unpaired) electrons. The fourth-order valence-corrected chi connectivity index (χ4v) is 1.73. The number of nitrogens with one attached hydrogen (secondary N) is 2. The van der Waals surface area contributed by atoms with Crippen molar-refractivity contribution in [1.29, 1.82) is 5.26 Å². The molecule has 0 aliphatic rings. The third-order valence-corrected chi connectivity index (χ3v) is 3.13. The first-order valence-electron chi connectivity index (χ1n) is 6.94. The second-order valence-corrected chi connectivity index (χ2v) is 4.89. The van der Waals surface area contributed by atoms with Gasteiger partial charge in [0, 0.05) is 0 Å². The van der Waals surface area contributed by atoms with Gasteiger partial charge in [0.15, 0.2) is 0 Å². The van der Waals surface area contributed by atoms with E-state index in [1.165, 1.54) is 0 Å². The Morgan fingerprint density at radius 3 is 2.46 bits per heavy atom. The number of rotatable bonds is 6. The van der Waals surface area contributed by atoms with Crippen LogP contribution in [0.3, 0.4) is 0 Å². The molecule has 1 aromatic carbocycles. The number of carbonyl (C=O) groups excluding carboxylic acids is 2. The summed E-state index contributed by atoms with van der Waals surface area (Å²) in [6.45, 7) is 0.133. The molecule has 6 nitrogen and oxygen atoms in total. The van der Waals surface area contributed by atoms with E-state index in [-0.39, 0.29) is 6.61 Å². The van der Waals surface area contributed by atoms with Crippen LogP contribution in [0.5, 0.6) is 0 Å². The van der Waals surface area contributed by atoms with E-state index in [4.69, 9.17) is 10.00 Å². The summed E-state index contributed by atoms with van der Waals surface area (Å²) in [7, 11) is 0. The van der Waals surface area contributed by atoms with E-state index in [9.17, 15) is 22.8 Å². The molecule has 2 atom stereocenters. The van der Waals surface area contributed by atoms with Gasteiger partial charge in [0.05, 0.1) is 12.0 Å². The minimum absolute atomic E-state index is 0.153. The summed E-state index contributed by atoms with van der Waals surface area (Å²) in [6.07, 6.45) is -5.87. The molecule has 0 spiro atoms. The lowest BCUT2D eigenvalue weighted by Gasteiger charge is -2.25. The number of hydrogen-bond donors (Lipinski definition) is 2. The average molecular weight is 343 g/mol. The van der Waals surface area contributed by atoms with Crippen molar-refractivity contribution in [3.8, 4) is 6.07 Å². The number of ether oxygens (including phenoxy) is 1. The van der Waals surface area contributed by atoms with Crippen molar-refractivity contribution in [2.45, 2.75) is 25.7 Å². The van der Waals surface area contributed by atoms with Crippen molar-refractivity contribution in [1.82, 2.24) is 10.6 Å². The Bertz CT molecular complexity index is 599. The lowest BCUT2D eigenvalue weighted by atomic mass is 10.0. The molecule has 0 aromatic heterocycles. The molecule has 0 aliphatic heterocycles. The Balaban J connectivity index is 2.71. The quantitative estimate of drug-likeness (QED) is 0.774. The molecular weight excluding hydrogens is 327 g/mol. The summed E-state index contributed by atoms with van der Waals surface area (Å²) in [5.74, 6) is -3.27. The van der Waals surface area contributed by atoms with E-state index in [1.54, 1.807) is 36.4 Å². The Labute approximate surface area is 136 Å².